The molecule has 5 nitrogen and oxygen atoms in total. The zero-order valence-corrected chi connectivity index (χ0v) is 10.7. The van der Waals surface area contributed by atoms with Crippen LogP contribution in [-0.2, 0) is 14.9 Å². The van der Waals surface area contributed by atoms with E-state index in [1.807, 2.05) is 0 Å². The van der Waals surface area contributed by atoms with E-state index in [9.17, 15) is 8.42 Å². The number of ether oxygens (including phenoxy) is 1. The zero-order valence-electron chi connectivity index (χ0n) is 8.93. The Bertz CT molecular complexity index is 242. The Hall–Kier alpha value is 0.830. The van der Waals surface area contributed by atoms with Gasteiger partial charge in [0.2, 0.25) is 0 Å². The maximum Gasteiger partial charge on any atom is 1.00 e. The molecule has 1 aliphatic rings. The van der Waals surface area contributed by atoms with Gasteiger partial charge in [0, 0.05) is 13.1 Å². The molecule has 7 heteroatoms. The summed E-state index contributed by atoms with van der Waals surface area (Å²) in [5.41, 5.74) is 0. The van der Waals surface area contributed by atoms with E-state index in [4.69, 9.17) is 9.29 Å². The first-order valence-electron chi connectivity index (χ1n) is 3.80. The topological polar surface area (TPSA) is 66.8 Å². The molecule has 1 heterocycles. The number of hydrogen-bond donors (Lipinski definition) is 1. The molecule has 0 aromatic rings. The van der Waals surface area contributed by atoms with E-state index in [1.165, 1.54) is 6.92 Å². The van der Waals surface area contributed by atoms with Gasteiger partial charge < -0.3 is 6.16 Å². The summed E-state index contributed by atoms with van der Waals surface area (Å²) in [4.78, 5) is 1.68. The summed E-state index contributed by atoms with van der Waals surface area (Å²) >= 11 is 0. The Labute approximate surface area is 102 Å². The molecule has 1 N–H and O–H groups in total. The van der Waals surface area contributed by atoms with Gasteiger partial charge in [-0.15, -0.1) is 0 Å². The van der Waals surface area contributed by atoms with Crippen LogP contribution in [0.3, 0.4) is 0 Å². The SMILES string of the molecule is CC(N1CCOCC1)S(=O)(=O)O.[H-].[Na+]. The van der Waals surface area contributed by atoms with Crippen LogP contribution < -0.4 is 29.6 Å². The maximum atomic E-state index is 10.7. The minimum absolute atomic E-state index is 0. The Morgan fingerprint density at radius 1 is 1.46 bits per heavy atom. The van der Waals surface area contributed by atoms with Gasteiger partial charge in [0.15, 0.2) is 0 Å². The van der Waals surface area contributed by atoms with Gasteiger partial charge in [0.25, 0.3) is 10.1 Å². The molecule has 0 aliphatic carbocycles. The molecule has 1 aliphatic heterocycles. The quantitative estimate of drug-likeness (QED) is 0.389. The molecule has 0 aromatic carbocycles. The first-order valence-corrected chi connectivity index (χ1v) is 5.30. The van der Waals surface area contributed by atoms with Crippen molar-refractivity contribution in [3.05, 3.63) is 0 Å². The van der Waals surface area contributed by atoms with Crippen LogP contribution in [0.2, 0.25) is 0 Å². The van der Waals surface area contributed by atoms with E-state index in [2.05, 4.69) is 0 Å². The molecule has 1 rings (SSSR count). The molecule has 1 fully saturated rings. The largest absolute Gasteiger partial charge is 1.00 e. The fourth-order valence-electron chi connectivity index (χ4n) is 1.13. The smallest absolute Gasteiger partial charge is 1.00 e. The molecule has 13 heavy (non-hydrogen) atoms. The molecule has 0 saturated carbocycles. The molecular formula is C6H14NNaO4S. The van der Waals surface area contributed by atoms with Crippen molar-refractivity contribution in [3.8, 4) is 0 Å². The van der Waals surface area contributed by atoms with Gasteiger partial charge >= 0.3 is 29.6 Å². The van der Waals surface area contributed by atoms with Gasteiger partial charge in [-0.1, -0.05) is 0 Å². The van der Waals surface area contributed by atoms with Crippen molar-refractivity contribution in [2.45, 2.75) is 12.3 Å². The minimum atomic E-state index is -3.93. The van der Waals surface area contributed by atoms with Gasteiger partial charge in [-0.2, -0.15) is 8.42 Å². The predicted octanol–water partition coefficient (Wildman–Crippen LogP) is -3.33. The van der Waals surface area contributed by atoms with E-state index >= 15 is 0 Å². The number of nitrogens with zero attached hydrogens (tertiary/aromatic N) is 1. The average Bonchev–Trinajstić information content (AvgIpc) is 2.03. The van der Waals surface area contributed by atoms with Crippen LogP contribution in [0.1, 0.15) is 8.35 Å². The van der Waals surface area contributed by atoms with Gasteiger partial charge in [0.05, 0.1) is 13.2 Å². The first kappa shape index (κ1) is 13.8. The number of rotatable bonds is 2. The third kappa shape index (κ3) is 4.24. The molecule has 0 radical (unpaired) electrons. The second-order valence-electron chi connectivity index (χ2n) is 2.76. The summed E-state index contributed by atoms with van der Waals surface area (Å²) in [7, 11) is -3.93. The summed E-state index contributed by atoms with van der Waals surface area (Å²) in [6.45, 7) is 3.64. The van der Waals surface area contributed by atoms with Crippen LogP contribution >= 0.6 is 0 Å². The zero-order chi connectivity index (χ0) is 9.19. The molecule has 0 aromatic heterocycles. The molecule has 0 spiro atoms. The standard InChI is InChI=1S/C6H13NO4S.Na.H/c1-6(12(8,9)10)7-2-4-11-5-3-7;;/h6H,2-5H2,1H3,(H,8,9,10);;/q;+1;-1. The Morgan fingerprint density at radius 3 is 2.31 bits per heavy atom. The van der Waals surface area contributed by atoms with E-state index in [0.29, 0.717) is 26.3 Å². The van der Waals surface area contributed by atoms with Gasteiger partial charge in [-0.25, -0.2) is 0 Å². The van der Waals surface area contributed by atoms with E-state index in [1.54, 1.807) is 4.90 Å². The fourth-order valence-corrected chi connectivity index (χ4v) is 1.72. The van der Waals surface area contributed by atoms with E-state index in [-0.39, 0.29) is 31.0 Å². The molecule has 0 bridgehead atoms. The van der Waals surface area contributed by atoms with Crippen LogP contribution in [0.15, 0.2) is 0 Å². The maximum absolute atomic E-state index is 10.7. The summed E-state index contributed by atoms with van der Waals surface area (Å²) in [5, 5.41) is -0.818. The molecule has 0 amide bonds. The second-order valence-corrected chi connectivity index (χ2v) is 4.47. The van der Waals surface area contributed by atoms with Gasteiger partial charge in [0.1, 0.15) is 5.37 Å². The molecule has 1 saturated heterocycles. The van der Waals surface area contributed by atoms with Crippen molar-refractivity contribution in [1.29, 1.82) is 0 Å². The van der Waals surface area contributed by atoms with Crippen molar-refractivity contribution < 1.29 is 48.7 Å². The summed E-state index contributed by atoms with van der Waals surface area (Å²) < 4.78 is 35.2. The molecule has 1 atom stereocenters. The summed E-state index contributed by atoms with van der Waals surface area (Å²) in [6.07, 6.45) is 0. The van der Waals surface area contributed by atoms with Crippen molar-refractivity contribution >= 4 is 10.1 Å². The van der Waals surface area contributed by atoms with Crippen LogP contribution in [0.4, 0.5) is 0 Å². The summed E-state index contributed by atoms with van der Waals surface area (Å²) in [5.74, 6) is 0. The fraction of sp³-hybridized carbons (Fsp3) is 1.00. The van der Waals surface area contributed by atoms with Crippen molar-refractivity contribution in [2.24, 2.45) is 0 Å². The Morgan fingerprint density at radius 2 is 1.92 bits per heavy atom. The van der Waals surface area contributed by atoms with Crippen LogP contribution in [0.25, 0.3) is 0 Å². The summed E-state index contributed by atoms with van der Waals surface area (Å²) in [6, 6.07) is 0. The average molecular weight is 219 g/mol. The van der Waals surface area contributed by atoms with Crippen LogP contribution in [0.5, 0.6) is 0 Å². The van der Waals surface area contributed by atoms with Crippen molar-refractivity contribution in [3.63, 3.8) is 0 Å². The number of hydrogen-bond acceptors (Lipinski definition) is 4. The third-order valence-electron chi connectivity index (χ3n) is 1.99. The van der Waals surface area contributed by atoms with Crippen LogP contribution in [-0.4, -0.2) is 49.5 Å². The molecular weight excluding hydrogens is 205 g/mol. The van der Waals surface area contributed by atoms with Crippen molar-refractivity contribution in [2.75, 3.05) is 26.3 Å². The normalized spacial score (nSPS) is 22.0. The molecule has 74 valence electrons. The first-order chi connectivity index (χ1) is 5.52. The van der Waals surface area contributed by atoms with Gasteiger partial charge in [-0.3, -0.25) is 9.45 Å². The Kier molecular flexibility index (Phi) is 6.01. The third-order valence-corrected chi connectivity index (χ3v) is 3.15. The number of morpholine rings is 1. The van der Waals surface area contributed by atoms with Gasteiger partial charge in [-0.05, 0) is 6.92 Å². The second kappa shape index (κ2) is 5.65. The Balaban J connectivity index is 0. The van der Waals surface area contributed by atoms with E-state index < -0.39 is 15.5 Å². The van der Waals surface area contributed by atoms with E-state index in [0.717, 1.165) is 0 Å². The van der Waals surface area contributed by atoms with Crippen molar-refractivity contribution in [1.82, 2.24) is 4.90 Å². The minimum Gasteiger partial charge on any atom is -1.00 e. The molecule has 1 unspecified atom stereocenters. The van der Waals surface area contributed by atoms with Crippen LogP contribution in [0, 0.1) is 0 Å². The predicted molar refractivity (Wildman–Crippen MR) is 44.5 cm³/mol. The monoisotopic (exact) mass is 219 g/mol.